The second kappa shape index (κ2) is 6.17. The molecular weight excluding hydrogens is 318 g/mol. The van der Waals surface area contributed by atoms with E-state index in [-0.39, 0.29) is 5.44 Å². The first kappa shape index (κ1) is 15.4. The summed E-state index contributed by atoms with van der Waals surface area (Å²) in [7, 11) is 0. The Hall–Kier alpha value is -0.810. The fraction of sp³-hybridized carbons (Fsp3) is 0.789. The fourth-order valence-corrected chi connectivity index (χ4v) is 8.07. The van der Waals surface area contributed by atoms with Gasteiger partial charge in [-0.3, -0.25) is 3.97 Å². The Labute approximate surface area is 147 Å². The summed E-state index contributed by atoms with van der Waals surface area (Å²) in [6.45, 7) is 0. The predicted octanol–water partition coefficient (Wildman–Crippen LogP) is 4.42. The maximum Gasteiger partial charge on any atom is 0.162 e. The molecule has 5 rings (SSSR count). The number of thiol groups is 1. The Balaban J connectivity index is 1.34. The van der Waals surface area contributed by atoms with E-state index in [9.17, 15) is 5.11 Å². The molecular formula is C19H29N3OS. The summed E-state index contributed by atoms with van der Waals surface area (Å²) in [5, 5.41) is 12.5. The summed E-state index contributed by atoms with van der Waals surface area (Å²) in [6, 6.07) is 0. The molecule has 4 aliphatic rings. The van der Waals surface area contributed by atoms with E-state index in [1.54, 1.807) is 0 Å². The Morgan fingerprint density at radius 2 is 1.96 bits per heavy atom. The summed E-state index contributed by atoms with van der Waals surface area (Å²) in [4.78, 5) is 9.10. The number of hydrogen-bond acceptors (Lipinski definition) is 3. The van der Waals surface area contributed by atoms with Crippen molar-refractivity contribution in [1.82, 2.24) is 8.96 Å². The number of rotatable bonds is 4. The molecule has 0 spiro atoms. The maximum atomic E-state index is 11.2. The maximum absolute atomic E-state index is 11.2. The van der Waals surface area contributed by atoms with E-state index in [1.165, 1.54) is 62.8 Å². The van der Waals surface area contributed by atoms with E-state index >= 15 is 0 Å². The lowest BCUT2D eigenvalue weighted by molar-refractivity contribution is 0.0774. The lowest BCUT2D eigenvalue weighted by Gasteiger charge is -2.43. The van der Waals surface area contributed by atoms with Gasteiger partial charge < -0.3 is 5.11 Å². The highest BCUT2D eigenvalue weighted by Gasteiger charge is 2.41. The number of aromatic nitrogens is 2. The molecule has 132 valence electrons. The minimum atomic E-state index is -0.715. The third kappa shape index (κ3) is 2.64. The SMILES string of the molecule is OC(CC1CCCC2CCCCC21)[SH]1C(C2CC2)=Nc2cncn21. The first-order chi connectivity index (χ1) is 11.8. The average Bonchev–Trinajstić information content (AvgIpc) is 3.23. The molecule has 3 fully saturated rings. The molecule has 1 aromatic rings. The van der Waals surface area contributed by atoms with Crippen LogP contribution < -0.4 is 0 Å². The molecule has 0 bridgehead atoms. The zero-order chi connectivity index (χ0) is 16.1. The Morgan fingerprint density at radius 1 is 1.12 bits per heavy atom. The zero-order valence-corrected chi connectivity index (χ0v) is 15.2. The Kier molecular flexibility index (Phi) is 3.97. The van der Waals surface area contributed by atoms with Crippen LogP contribution in [0.2, 0.25) is 0 Å². The van der Waals surface area contributed by atoms with Gasteiger partial charge >= 0.3 is 0 Å². The molecule has 5 unspecified atom stereocenters. The quantitative estimate of drug-likeness (QED) is 0.792. The summed E-state index contributed by atoms with van der Waals surface area (Å²) >= 11 is -0.715. The van der Waals surface area contributed by atoms with E-state index < -0.39 is 11.1 Å². The van der Waals surface area contributed by atoms with Crippen molar-refractivity contribution in [2.75, 3.05) is 0 Å². The molecule has 0 saturated heterocycles. The third-order valence-electron chi connectivity index (χ3n) is 6.76. The van der Waals surface area contributed by atoms with Gasteiger partial charge in [-0.05, 0) is 43.4 Å². The van der Waals surface area contributed by atoms with Crippen LogP contribution in [0.4, 0.5) is 5.82 Å². The molecule has 1 aromatic heterocycles. The minimum absolute atomic E-state index is 0.236. The molecule has 1 N–H and O–H groups in total. The van der Waals surface area contributed by atoms with Crippen molar-refractivity contribution in [2.45, 2.75) is 69.6 Å². The van der Waals surface area contributed by atoms with Gasteiger partial charge in [0.2, 0.25) is 0 Å². The summed E-state index contributed by atoms with van der Waals surface area (Å²) in [5.41, 5.74) is -0.236. The topological polar surface area (TPSA) is 50.4 Å². The lowest BCUT2D eigenvalue weighted by atomic mass is 9.65. The number of aliphatic hydroxyl groups excluding tert-OH is 1. The molecule has 0 amide bonds. The third-order valence-corrected chi connectivity index (χ3v) is 9.24. The van der Waals surface area contributed by atoms with E-state index in [4.69, 9.17) is 4.99 Å². The van der Waals surface area contributed by atoms with Crippen molar-refractivity contribution < 1.29 is 5.11 Å². The molecule has 1 aliphatic heterocycles. The number of fused-ring (bicyclic) bond motifs is 2. The average molecular weight is 348 g/mol. The molecule has 3 saturated carbocycles. The van der Waals surface area contributed by atoms with Crippen molar-refractivity contribution in [3.05, 3.63) is 12.5 Å². The normalized spacial score (nSPS) is 38.3. The highest BCUT2D eigenvalue weighted by Crippen LogP contribution is 2.54. The van der Waals surface area contributed by atoms with E-state index in [2.05, 4.69) is 8.96 Å². The van der Waals surface area contributed by atoms with Gasteiger partial charge in [0, 0.05) is 5.92 Å². The lowest BCUT2D eigenvalue weighted by Crippen LogP contribution is -2.33. The van der Waals surface area contributed by atoms with Crippen LogP contribution in [0.25, 0.3) is 0 Å². The number of nitrogens with zero attached hydrogens (tertiary/aromatic N) is 3. The Morgan fingerprint density at radius 3 is 2.83 bits per heavy atom. The van der Waals surface area contributed by atoms with Crippen LogP contribution >= 0.6 is 11.1 Å². The number of aliphatic hydroxyl groups is 1. The molecule has 2 heterocycles. The van der Waals surface area contributed by atoms with E-state index in [1.807, 2.05) is 12.5 Å². The van der Waals surface area contributed by atoms with Gasteiger partial charge in [0.25, 0.3) is 0 Å². The number of imidazole rings is 1. The van der Waals surface area contributed by atoms with Crippen LogP contribution in [0, 0.1) is 23.7 Å². The number of aliphatic imine (C=N–C) groups is 1. The van der Waals surface area contributed by atoms with Gasteiger partial charge in [0.15, 0.2) is 5.82 Å². The second-order valence-corrected chi connectivity index (χ2v) is 10.5. The van der Waals surface area contributed by atoms with Gasteiger partial charge in [-0.2, -0.15) is 0 Å². The molecule has 3 aliphatic carbocycles. The Bertz CT molecular complexity index is 636. The van der Waals surface area contributed by atoms with E-state index in [0.29, 0.717) is 5.92 Å². The minimum Gasteiger partial charge on any atom is -0.382 e. The van der Waals surface area contributed by atoms with Crippen LogP contribution in [-0.4, -0.2) is 24.5 Å². The van der Waals surface area contributed by atoms with Crippen LogP contribution in [0.5, 0.6) is 0 Å². The molecule has 5 heteroatoms. The van der Waals surface area contributed by atoms with Crippen molar-refractivity contribution >= 4 is 21.9 Å². The molecule has 0 radical (unpaired) electrons. The summed E-state index contributed by atoms with van der Waals surface area (Å²) < 4.78 is 2.19. The summed E-state index contributed by atoms with van der Waals surface area (Å²) in [5.74, 6) is 4.17. The smallest absolute Gasteiger partial charge is 0.162 e. The van der Waals surface area contributed by atoms with Crippen molar-refractivity contribution in [3.8, 4) is 0 Å². The van der Waals surface area contributed by atoms with Crippen LogP contribution in [0.15, 0.2) is 17.5 Å². The molecule has 24 heavy (non-hydrogen) atoms. The van der Waals surface area contributed by atoms with Crippen molar-refractivity contribution in [2.24, 2.45) is 28.7 Å². The first-order valence-electron chi connectivity index (χ1n) is 9.90. The monoisotopic (exact) mass is 347 g/mol. The molecule has 0 aromatic carbocycles. The molecule has 4 nitrogen and oxygen atoms in total. The number of hydrogen-bond donors (Lipinski definition) is 2. The zero-order valence-electron chi connectivity index (χ0n) is 14.3. The van der Waals surface area contributed by atoms with Crippen molar-refractivity contribution in [3.63, 3.8) is 0 Å². The van der Waals surface area contributed by atoms with Crippen LogP contribution in [-0.2, 0) is 0 Å². The van der Waals surface area contributed by atoms with Gasteiger partial charge in [0.1, 0.15) is 11.8 Å². The van der Waals surface area contributed by atoms with Gasteiger partial charge in [0.05, 0.1) is 11.2 Å². The molecule has 5 atom stereocenters. The highest BCUT2D eigenvalue weighted by molar-refractivity contribution is 8.29. The fourth-order valence-electron chi connectivity index (χ4n) is 5.46. The predicted molar refractivity (Wildman–Crippen MR) is 99.8 cm³/mol. The second-order valence-electron chi connectivity index (χ2n) is 8.30. The van der Waals surface area contributed by atoms with Gasteiger partial charge in [-0.15, -0.1) is 11.1 Å². The van der Waals surface area contributed by atoms with Crippen LogP contribution in [0.3, 0.4) is 0 Å². The van der Waals surface area contributed by atoms with Gasteiger partial charge in [-0.25, -0.2) is 9.98 Å². The van der Waals surface area contributed by atoms with Crippen LogP contribution in [0.1, 0.15) is 64.2 Å². The largest absolute Gasteiger partial charge is 0.382 e. The van der Waals surface area contributed by atoms with Crippen molar-refractivity contribution in [1.29, 1.82) is 0 Å². The van der Waals surface area contributed by atoms with E-state index in [0.717, 1.165) is 30.0 Å². The highest BCUT2D eigenvalue weighted by atomic mass is 32.2. The standard InChI is InChI=1S/C19H29N3OS/c23-18(10-15-6-3-5-13-4-1-2-7-16(13)15)24-19(14-8-9-14)21-17-11-20-12-22(17)24/h11-16,18,23-24H,1-10H2. The first-order valence-corrected chi connectivity index (χ1v) is 11.3. The summed E-state index contributed by atoms with van der Waals surface area (Å²) in [6.07, 6.45) is 17.1. The van der Waals surface area contributed by atoms with Gasteiger partial charge in [-0.1, -0.05) is 38.5 Å².